The Balaban J connectivity index is 3.09. The van der Waals surface area contributed by atoms with Crippen molar-refractivity contribution in [3.8, 4) is 5.75 Å². The molecule has 0 saturated carbocycles. The maximum atomic E-state index is 9.03. The number of rotatable bonds is 3. The van der Waals surface area contributed by atoms with Crippen molar-refractivity contribution in [2.24, 2.45) is 0 Å². The summed E-state index contributed by atoms with van der Waals surface area (Å²) in [7, 11) is -1.47. The van der Waals surface area contributed by atoms with E-state index in [0.29, 0.717) is 17.8 Å². The number of aryl methyl sites for hydroxylation is 1. The van der Waals surface area contributed by atoms with E-state index in [2.05, 4.69) is 0 Å². The third-order valence-electron chi connectivity index (χ3n) is 1.81. The molecule has 3 nitrogen and oxygen atoms in total. The summed E-state index contributed by atoms with van der Waals surface area (Å²) in [5.41, 5.74) is 1.33. The van der Waals surface area contributed by atoms with Gasteiger partial charge in [-0.05, 0) is 19.4 Å². The summed E-state index contributed by atoms with van der Waals surface area (Å²) in [6.07, 6.45) is 0. The van der Waals surface area contributed by atoms with Crippen LogP contribution in [-0.2, 0) is 0 Å². The standard InChI is InChI=1S/C9H13BO3/c1-3-13-9-7(2)5-4-6-8(9)10(11)12/h4-6,11-12H,3H2,1-2H3. The van der Waals surface area contributed by atoms with Gasteiger partial charge in [-0.25, -0.2) is 0 Å². The van der Waals surface area contributed by atoms with E-state index in [4.69, 9.17) is 14.8 Å². The highest BCUT2D eigenvalue weighted by Gasteiger charge is 2.17. The van der Waals surface area contributed by atoms with Crippen LogP contribution in [0.4, 0.5) is 0 Å². The molecule has 0 spiro atoms. The number of para-hydroxylation sites is 1. The lowest BCUT2D eigenvalue weighted by molar-refractivity contribution is 0.337. The molecule has 70 valence electrons. The quantitative estimate of drug-likeness (QED) is 0.647. The molecule has 0 heterocycles. The summed E-state index contributed by atoms with van der Waals surface area (Å²) in [4.78, 5) is 0. The molecule has 0 radical (unpaired) electrons. The van der Waals surface area contributed by atoms with Crippen LogP contribution >= 0.6 is 0 Å². The number of ether oxygens (including phenoxy) is 1. The van der Waals surface area contributed by atoms with Gasteiger partial charge in [-0.2, -0.15) is 0 Å². The highest BCUT2D eigenvalue weighted by molar-refractivity contribution is 6.59. The van der Waals surface area contributed by atoms with Gasteiger partial charge in [0.15, 0.2) is 0 Å². The first-order chi connectivity index (χ1) is 6.16. The zero-order chi connectivity index (χ0) is 9.84. The van der Waals surface area contributed by atoms with Crippen molar-refractivity contribution in [3.05, 3.63) is 23.8 Å². The van der Waals surface area contributed by atoms with Gasteiger partial charge in [-0.3, -0.25) is 0 Å². The Kier molecular flexibility index (Phi) is 3.34. The minimum absolute atomic E-state index is 0.418. The Morgan fingerprint density at radius 1 is 1.38 bits per heavy atom. The van der Waals surface area contributed by atoms with Gasteiger partial charge in [0.25, 0.3) is 0 Å². The van der Waals surface area contributed by atoms with Crippen LogP contribution < -0.4 is 10.2 Å². The molecule has 0 unspecified atom stereocenters. The van der Waals surface area contributed by atoms with Crippen LogP contribution in [0.25, 0.3) is 0 Å². The summed E-state index contributed by atoms with van der Waals surface area (Å²) in [5.74, 6) is 0.569. The Labute approximate surface area is 78.1 Å². The molecule has 0 saturated heterocycles. The van der Waals surface area contributed by atoms with E-state index in [0.717, 1.165) is 5.56 Å². The normalized spacial score (nSPS) is 9.85. The molecule has 2 N–H and O–H groups in total. The molecule has 13 heavy (non-hydrogen) atoms. The van der Waals surface area contributed by atoms with Crippen molar-refractivity contribution < 1.29 is 14.8 Å². The predicted molar refractivity (Wildman–Crippen MR) is 52.2 cm³/mol. The Hall–Kier alpha value is -0.995. The molecular weight excluding hydrogens is 167 g/mol. The fourth-order valence-corrected chi connectivity index (χ4v) is 1.22. The molecule has 1 aromatic carbocycles. The molecular formula is C9H13BO3. The van der Waals surface area contributed by atoms with E-state index in [-0.39, 0.29) is 0 Å². The second-order valence-electron chi connectivity index (χ2n) is 2.80. The van der Waals surface area contributed by atoms with Crippen LogP contribution in [0.2, 0.25) is 0 Å². The van der Waals surface area contributed by atoms with E-state index < -0.39 is 7.12 Å². The molecule has 0 atom stereocenters. The first kappa shape index (κ1) is 10.1. The van der Waals surface area contributed by atoms with Crippen molar-refractivity contribution >= 4 is 12.6 Å². The van der Waals surface area contributed by atoms with Crippen LogP contribution in [0, 0.1) is 6.92 Å². The van der Waals surface area contributed by atoms with E-state index in [9.17, 15) is 0 Å². The fraction of sp³-hybridized carbons (Fsp3) is 0.333. The van der Waals surface area contributed by atoms with Crippen LogP contribution in [0.5, 0.6) is 5.75 Å². The van der Waals surface area contributed by atoms with Crippen LogP contribution in [0.1, 0.15) is 12.5 Å². The lowest BCUT2D eigenvalue weighted by Crippen LogP contribution is -2.31. The van der Waals surface area contributed by atoms with E-state index in [1.807, 2.05) is 19.9 Å². The monoisotopic (exact) mass is 180 g/mol. The summed E-state index contributed by atoms with van der Waals surface area (Å²) in [6, 6.07) is 5.28. The molecule has 0 aromatic heterocycles. The van der Waals surface area contributed by atoms with Crippen LogP contribution in [-0.4, -0.2) is 23.8 Å². The maximum absolute atomic E-state index is 9.03. The highest BCUT2D eigenvalue weighted by Crippen LogP contribution is 2.14. The average molecular weight is 180 g/mol. The molecule has 0 amide bonds. The first-order valence-corrected chi connectivity index (χ1v) is 4.25. The Bertz CT molecular complexity index is 286. The van der Waals surface area contributed by atoms with Crippen molar-refractivity contribution in [1.82, 2.24) is 0 Å². The van der Waals surface area contributed by atoms with Gasteiger partial charge in [0.05, 0.1) is 6.61 Å². The second kappa shape index (κ2) is 4.30. The lowest BCUT2D eigenvalue weighted by Gasteiger charge is -2.11. The number of hydrogen-bond donors (Lipinski definition) is 2. The average Bonchev–Trinajstić information content (AvgIpc) is 2.08. The SMILES string of the molecule is CCOc1c(C)cccc1B(O)O. The van der Waals surface area contributed by atoms with Crippen molar-refractivity contribution in [2.45, 2.75) is 13.8 Å². The Morgan fingerprint density at radius 3 is 2.62 bits per heavy atom. The smallest absolute Gasteiger partial charge is 0.492 e. The van der Waals surface area contributed by atoms with Gasteiger partial charge in [-0.15, -0.1) is 0 Å². The lowest BCUT2D eigenvalue weighted by atomic mass is 9.78. The third kappa shape index (κ3) is 2.23. The van der Waals surface area contributed by atoms with E-state index >= 15 is 0 Å². The number of hydrogen-bond acceptors (Lipinski definition) is 3. The molecule has 0 aliphatic heterocycles. The molecule has 1 rings (SSSR count). The highest BCUT2D eigenvalue weighted by atomic mass is 16.5. The largest absolute Gasteiger partial charge is 0.494 e. The zero-order valence-corrected chi connectivity index (χ0v) is 7.82. The minimum atomic E-state index is -1.47. The minimum Gasteiger partial charge on any atom is -0.494 e. The summed E-state index contributed by atoms with van der Waals surface area (Å²) >= 11 is 0. The summed E-state index contributed by atoms with van der Waals surface area (Å²) in [6.45, 7) is 4.25. The van der Waals surface area contributed by atoms with Gasteiger partial charge in [0, 0.05) is 5.46 Å². The third-order valence-corrected chi connectivity index (χ3v) is 1.81. The summed E-state index contributed by atoms with van der Waals surface area (Å²) in [5, 5.41) is 18.1. The molecule has 0 bridgehead atoms. The van der Waals surface area contributed by atoms with Crippen molar-refractivity contribution in [2.75, 3.05) is 6.61 Å². The molecule has 1 aromatic rings. The fourth-order valence-electron chi connectivity index (χ4n) is 1.22. The predicted octanol–water partition coefficient (Wildman–Crippen LogP) is 0.0735. The van der Waals surface area contributed by atoms with Crippen molar-refractivity contribution in [3.63, 3.8) is 0 Å². The second-order valence-corrected chi connectivity index (χ2v) is 2.80. The van der Waals surface area contributed by atoms with Gasteiger partial charge in [-0.1, -0.05) is 18.2 Å². The van der Waals surface area contributed by atoms with Crippen molar-refractivity contribution in [1.29, 1.82) is 0 Å². The maximum Gasteiger partial charge on any atom is 0.492 e. The zero-order valence-electron chi connectivity index (χ0n) is 7.82. The van der Waals surface area contributed by atoms with Crippen LogP contribution in [0.3, 0.4) is 0 Å². The topological polar surface area (TPSA) is 49.7 Å². The number of benzene rings is 1. The Morgan fingerprint density at radius 2 is 2.08 bits per heavy atom. The van der Waals surface area contributed by atoms with Gasteiger partial charge >= 0.3 is 7.12 Å². The van der Waals surface area contributed by atoms with Crippen LogP contribution in [0.15, 0.2) is 18.2 Å². The molecule has 4 heteroatoms. The summed E-state index contributed by atoms with van der Waals surface area (Å²) < 4.78 is 5.31. The van der Waals surface area contributed by atoms with E-state index in [1.165, 1.54) is 0 Å². The molecule has 0 aliphatic rings. The van der Waals surface area contributed by atoms with Gasteiger partial charge in [0.1, 0.15) is 5.75 Å². The van der Waals surface area contributed by atoms with Gasteiger partial charge in [0.2, 0.25) is 0 Å². The first-order valence-electron chi connectivity index (χ1n) is 4.25. The van der Waals surface area contributed by atoms with Gasteiger partial charge < -0.3 is 14.8 Å². The molecule has 0 fully saturated rings. The van der Waals surface area contributed by atoms with E-state index in [1.54, 1.807) is 12.1 Å². The molecule has 0 aliphatic carbocycles.